The molecule has 4 heteroatoms. The molecule has 0 aliphatic heterocycles. The summed E-state index contributed by atoms with van der Waals surface area (Å²) in [5, 5.41) is 9.76. The summed E-state index contributed by atoms with van der Waals surface area (Å²) in [5.74, 6) is 0.584. The number of oxazole rings is 1. The number of aryl methyl sites for hydroxylation is 1. The Morgan fingerprint density at radius 3 is 2.79 bits per heavy atom. The molecule has 14 heavy (non-hydrogen) atoms. The predicted octanol–water partition coefficient (Wildman–Crippen LogP) is 1.76. The number of pyridine rings is 1. The number of hydrogen-bond acceptors (Lipinski definition) is 4. The van der Waals surface area contributed by atoms with E-state index in [-0.39, 0.29) is 0 Å². The molecule has 0 saturated heterocycles. The lowest BCUT2D eigenvalue weighted by Gasteiger charge is -2.16. The third-order valence-corrected chi connectivity index (χ3v) is 2.06. The van der Waals surface area contributed by atoms with Crippen LogP contribution in [0.4, 0.5) is 0 Å². The van der Waals surface area contributed by atoms with Gasteiger partial charge in [-0.25, -0.2) is 9.97 Å². The molecule has 4 nitrogen and oxygen atoms in total. The van der Waals surface area contributed by atoms with Crippen LogP contribution < -0.4 is 0 Å². The number of fused-ring (bicyclic) bond motifs is 1. The molecule has 2 aromatic rings. The van der Waals surface area contributed by atoms with Crippen molar-refractivity contribution in [2.24, 2.45) is 0 Å². The summed E-state index contributed by atoms with van der Waals surface area (Å²) in [5.41, 5.74) is 1.03. The van der Waals surface area contributed by atoms with Gasteiger partial charge in [-0.3, -0.25) is 0 Å². The second-order valence-corrected chi connectivity index (χ2v) is 3.84. The van der Waals surface area contributed by atoms with E-state index in [1.54, 1.807) is 33.0 Å². The van der Waals surface area contributed by atoms with E-state index >= 15 is 0 Å². The molecule has 0 fully saturated rings. The van der Waals surface area contributed by atoms with Crippen LogP contribution >= 0.6 is 0 Å². The third-order valence-electron chi connectivity index (χ3n) is 2.06. The molecule has 0 bridgehead atoms. The fourth-order valence-corrected chi connectivity index (χ4v) is 1.27. The second kappa shape index (κ2) is 2.78. The Bertz CT molecular complexity index is 468. The molecule has 0 saturated carbocycles. The Morgan fingerprint density at radius 2 is 2.14 bits per heavy atom. The fraction of sp³-hybridized carbons (Fsp3) is 0.400. The molecule has 0 aliphatic carbocycles. The van der Waals surface area contributed by atoms with Gasteiger partial charge in [0, 0.05) is 18.7 Å². The van der Waals surface area contributed by atoms with Crippen molar-refractivity contribution in [3.63, 3.8) is 0 Å². The normalized spacial score (nSPS) is 12.3. The van der Waals surface area contributed by atoms with Crippen LogP contribution in [-0.4, -0.2) is 15.1 Å². The Kier molecular flexibility index (Phi) is 1.82. The van der Waals surface area contributed by atoms with E-state index in [1.165, 1.54) is 0 Å². The molecule has 2 aromatic heterocycles. The van der Waals surface area contributed by atoms with Gasteiger partial charge in [0.1, 0.15) is 5.52 Å². The van der Waals surface area contributed by atoms with E-state index in [0.717, 1.165) is 5.56 Å². The minimum absolute atomic E-state index is 0.510. The van der Waals surface area contributed by atoms with E-state index in [2.05, 4.69) is 9.97 Å². The number of aromatic nitrogens is 2. The Balaban J connectivity index is 2.62. The Labute approximate surface area is 81.6 Å². The molecule has 74 valence electrons. The van der Waals surface area contributed by atoms with E-state index in [4.69, 9.17) is 4.42 Å². The maximum absolute atomic E-state index is 9.76. The number of nitrogens with zero attached hydrogens (tertiary/aromatic N) is 2. The predicted molar refractivity (Wildman–Crippen MR) is 51.8 cm³/mol. The minimum Gasteiger partial charge on any atom is -0.423 e. The van der Waals surface area contributed by atoms with Gasteiger partial charge in [0.15, 0.2) is 5.89 Å². The number of rotatable bonds is 1. The number of hydrogen-bond donors (Lipinski definition) is 1. The van der Waals surface area contributed by atoms with Gasteiger partial charge in [0.25, 0.3) is 0 Å². The van der Waals surface area contributed by atoms with Crippen molar-refractivity contribution in [1.82, 2.24) is 9.97 Å². The van der Waals surface area contributed by atoms with Crippen molar-refractivity contribution in [2.75, 3.05) is 0 Å². The standard InChI is InChI=1S/C10H12N2O2/c1-6-12-8-4-7(10(2,3)13)5-11-9(8)14-6/h4-5,13H,1-3H3. The second-order valence-electron chi connectivity index (χ2n) is 3.84. The van der Waals surface area contributed by atoms with E-state index in [0.29, 0.717) is 17.1 Å². The zero-order chi connectivity index (χ0) is 10.3. The quantitative estimate of drug-likeness (QED) is 0.747. The van der Waals surface area contributed by atoms with Gasteiger partial charge < -0.3 is 9.52 Å². The SMILES string of the molecule is Cc1nc2cc(C(C)(C)O)cnc2o1. The molecule has 0 amide bonds. The van der Waals surface area contributed by atoms with E-state index in [9.17, 15) is 5.11 Å². The molecule has 0 atom stereocenters. The van der Waals surface area contributed by atoms with Gasteiger partial charge in [0.05, 0.1) is 5.60 Å². The average Bonchev–Trinajstić information content (AvgIpc) is 2.41. The first-order valence-corrected chi connectivity index (χ1v) is 4.43. The molecule has 0 spiro atoms. The largest absolute Gasteiger partial charge is 0.423 e. The van der Waals surface area contributed by atoms with Gasteiger partial charge in [0.2, 0.25) is 5.71 Å². The third kappa shape index (κ3) is 1.48. The monoisotopic (exact) mass is 192 g/mol. The summed E-state index contributed by atoms with van der Waals surface area (Å²) >= 11 is 0. The first-order valence-electron chi connectivity index (χ1n) is 4.43. The Morgan fingerprint density at radius 1 is 1.43 bits per heavy atom. The molecule has 0 aliphatic rings. The lowest BCUT2D eigenvalue weighted by molar-refractivity contribution is 0.0784. The van der Waals surface area contributed by atoms with Crippen LogP contribution in [0.5, 0.6) is 0 Å². The zero-order valence-electron chi connectivity index (χ0n) is 8.40. The highest BCUT2D eigenvalue weighted by molar-refractivity contribution is 5.68. The van der Waals surface area contributed by atoms with E-state index < -0.39 is 5.60 Å². The fourth-order valence-electron chi connectivity index (χ4n) is 1.27. The molecule has 0 aromatic carbocycles. The highest BCUT2D eigenvalue weighted by Crippen LogP contribution is 2.22. The van der Waals surface area contributed by atoms with Gasteiger partial charge >= 0.3 is 0 Å². The van der Waals surface area contributed by atoms with Gasteiger partial charge in [-0.15, -0.1) is 0 Å². The topological polar surface area (TPSA) is 59.2 Å². The van der Waals surface area contributed by atoms with Crippen LogP contribution in [0.15, 0.2) is 16.7 Å². The first-order chi connectivity index (χ1) is 6.47. The first kappa shape index (κ1) is 9.15. The van der Waals surface area contributed by atoms with E-state index in [1.807, 2.05) is 0 Å². The molecule has 2 rings (SSSR count). The highest BCUT2D eigenvalue weighted by Gasteiger charge is 2.17. The highest BCUT2D eigenvalue weighted by atomic mass is 16.4. The van der Waals surface area contributed by atoms with Crippen molar-refractivity contribution in [1.29, 1.82) is 0 Å². The molecule has 2 heterocycles. The van der Waals surface area contributed by atoms with Crippen molar-refractivity contribution in [2.45, 2.75) is 26.4 Å². The van der Waals surface area contributed by atoms with Crippen LogP contribution in [0.1, 0.15) is 25.3 Å². The van der Waals surface area contributed by atoms with Gasteiger partial charge in [-0.2, -0.15) is 0 Å². The maximum atomic E-state index is 9.76. The van der Waals surface area contributed by atoms with Crippen molar-refractivity contribution >= 4 is 11.2 Å². The molecular weight excluding hydrogens is 180 g/mol. The van der Waals surface area contributed by atoms with Gasteiger partial charge in [-0.1, -0.05) is 0 Å². The zero-order valence-corrected chi connectivity index (χ0v) is 8.40. The molecule has 1 N–H and O–H groups in total. The minimum atomic E-state index is -0.895. The summed E-state index contributed by atoms with van der Waals surface area (Å²) < 4.78 is 5.23. The van der Waals surface area contributed by atoms with Crippen LogP contribution in [0.2, 0.25) is 0 Å². The van der Waals surface area contributed by atoms with Crippen LogP contribution in [0.25, 0.3) is 11.2 Å². The summed E-state index contributed by atoms with van der Waals surface area (Å²) in [6.07, 6.45) is 1.60. The summed E-state index contributed by atoms with van der Waals surface area (Å²) in [4.78, 5) is 8.23. The van der Waals surface area contributed by atoms with Crippen LogP contribution in [0.3, 0.4) is 0 Å². The summed E-state index contributed by atoms with van der Waals surface area (Å²) in [6.45, 7) is 5.19. The smallest absolute Gasteiger partial charge is 0.246 e. The Hall–Kier alpha value is -1.42. The number of aliphatic hydroxyl groups is 1. The van der Waals surface area contributed by atoms with Gasteiger partial charge in [-0.05, 0) is 19.9 Å². The summed E-state index contributed by atoms with van der Waals surface area (Å²) in [6, 6.07) is 1.79. The van der Waals surface area contributed by atoms with Crippen LogP contribution in [0, 0.1) is 6.92 Å². The lowest BCUT2D eigenvalue weighted by atomic mass is 10.0. The molecule has 0 radical (unpaired) electrons. The summed E-state index contributed by atoms with van der Waals surface area (Å²) in [7, 11) is 0. The van der Waals surface area contributed by atoms with Crippen molar-refractivity contribution in [3.05, 3.63) is 23.7 Å². The lowest BCUT2D eigenvalue weighted by Crippen LogP contribution is -2.15. The molecular formula is C10H12N2O2. The van der Waals surface area contributed by atoms with Crippen LogP contribution in [-0.2, 0) is 5.60 Å². The van der Waals surface area contributed by atoms with Crippen molar-refractivity contribution in [3.8, 4) is 0 Å². The van der Waals surface area contributed by atoms with Crippen molar-refractivity contribution < 1.29 is 9.52 Å². The maximum Gasteiger partial charge on any atom is 0.246 e. The molecule has 0 unspecified atom stereocenters. The average molecular weight is 192 g/mol.